The second-order valence-electron chi connectivity index (χ2n) is 3.58. The van der Waals surface area contributed by atoms with Gasteiger partial charge in [0.15, 0.2) is 0 Å². The van der Waals surface area contributed by atoms with E-state index >= 15 is 0 Å². The lowest BCUT2D eigenvalue weighted by molar-refractivity contribution is 0.527. The second-order valence-corrected chi connectivity index (χ2v) is 5.35. The van der Waals surface area contributed by atoms with Gasteiger partial charge in [0.1, 0.15) is 5.76 Å². The maximum absolute atomic E-state index is 6.22. The van der Waals surface area contributed by atoms with E-state index in [2.05, 4.69) is 31.9 Å². The molecular weight excluding hydrogens is 334 g/mol. The van der Waals surface area contributed by atoms with Gasteiger partial charge in [-0.2, -0.15) is 0 Å². The summed E-state index contributed by atoms with van der Waals surface area (Å²) in [4.78, 5) is 0. The number of hydrogen-bond acceptors (Lipinski definition) is 2. The quantitative estimate of drug-likeness (QED) is 0.888. The molecule has 1 atom stereocenters. The average Bonchev–Trinajstić information content (AvgIpc) is 2.67. The van der Waals surface area contributed by atoms with E-state index < -0.39 is 0 Å². The molecule has 0 fully saturated rings. The van der Waals surface area contributed by atoms with Gasteiger partial charge in [-0.3, -0.25) is 0 Å². The summed E-state index contributed by atoms with van der Waals surface area (Å²) in [6.45, 7) is 1.92. The van der Waals surface area contributed by atoms with Gasteiger partial charge < -0.3 is 10.2 Å². The Labute approximate surface area is 111 Å². The minimum Gasteiger partial charge on any atom is -0.469 e. The van der Waals surface area contributed by atoms with Crippen molar-refractivity contribution in [2.45, 2.75) is 13.0 Å². The Morgan fingerprint density at radius 1 is 1.19 bits per heavy atom. The lowest BCUT2D eigenvalue weighted by Crippen LogP contribution is -2.12. The molecule has 2 nitrogen and oxygen atoms in total. The minimum absolute atomic E-state index is 0.175. The molecule has 0 aliphatic heterocycles. The van der Waals surface area contributed by atoms with E-state index in [9.17, 15) is 0 Å². The Kier molecular flexibility index (Phi) is 3.52. The predicted octanol–water partition coefficient (Wildman–Crippen LogP) is 4.16. The zero-order chi connectivity index (χ0) is 11.7. The van der Waals surface area contributed by atoms with Crippen LogP contribution in [0, 0.1) is 6.92 Å². The van der Waals surface area contributed by atoms with Crippen molar-refractivity contribution in [1.82, 2.24) is 0 Å². The highest BCUT2D eigenvalue weighted by molar-refractivity contribution is 9.11. The summed E-state index contributed by atoms with van der Waals surface area (Å²) in [7, 11) is 0. The van der Waals surface area contributed by atoms with Crippen molar-refractivity contribution in [2.24, 2.45) is 5.73 Å². The van der Waals surface area contributed by atoms with Crippen LogP contribution in [-0.2, 0) is 0 Å². The van der Waals surface area contributed by atoms with Gasteiger partial charge in [-0.05, 0) is 36.8 Å². The number of rotatable bonds is 2. The van der Waals surface area contributed by atoms with Gasteiger partial charge in [0.25, 0.3) is 0 Å². The van der Waals surface area contributed by atoms with E-state index in [0.29, 0.717) is 0 Å². The fraction of sp³-hybridized carbons (Fsp3) is 0.167. The van der Waals surface area contributed by atoms with E-state index in [1.807, 2.05) is 31.2 Å². The molecule has 0 radical (unpaired) electrons. The molecule has 0 spiro atoms. The predicted molar refractivity (Wildman–Crippen MR) is 71.3 cm³/mol. The number of aryl methyl sites for hydroxylation is 1. The molecule has 0 aliphatic rings. The van der Waals surface area contributed by atoms with E-state index in [-0.39, 0.29) is 6.04 Å². The Bertz CT molecular complexity index is 507. The van der Waals surface area contributed by atoms with Crippen molar-refractivity contribution in [3.05, 3.63) is 56.4 Å². The van der Waals surface area contributed by atoms with Crippen molar-refractivity contribution in [2.75, 3.05) is 0 Å². The highest BCUT2D eigenvalue weighted by atomic mass is 79.9. The highest BCUT2D eigenvalue weighted by Crippen LogP contribution is 2.31. The van der Waals surface area contributed by atoms with Crippen LogP contribution in [-0.4, -0.2) is 0 Å². The molecular formula is C12H11Br2NO. The van der Waals surface area contributed by atoms with Crippen LogP contribution in [0.25, 0.3) is 0 Å². The first-order chi connectivity index (χ1) is 7.59. The second kappa shape index (κ2) is 4.73. The fourth-order valence-corrected chi connectivity index (χ4v) is 2.51. The first-order valence-corrected chi connectivity index (χ1v) is 6.42. The Morgan fingerprint density at radius 3 is 2.56 bits per heavy atom. The standard InChI is InChI=1S/C12H11Br2NO/c1-7-9(4-5-16-7)12(15)10-6-8(13)2-3-11(10)14/h2-6,12H,15H2,1H3. The van der Waals surface area contributed by atoms with Gasteiger partial charge in [-0.25, -0.2) is 0 Å². The van der Waals surface area contributed by atoms with Crippen LogP contribution in [0.2, 0.25) is 0 Å². The van der Waals surface area contributed by atoms with E-state index in [1.54, 1.807) is 6.26 Å². The topological polar surface area (TPSA) is 39.2 Å². The Hall–Kier alpha value is -0.580. The van der Waals surface area contributed by atoms with Gasteiger partial charge in [0, 0.05) is 14.5 Å². The molecule has 1 aromatic heterocycles. The molecule has 1 unspecified atom stereocenters. The molecule has 84 valence electrons. The van der Waals surface area contributed by atoms with Gasteiger partial charge in [-0.15, -0.1) is 0 Å². The first kappa shape index (κ1) is 11.9. The summed E-state index contributed by atoms with van der Waals surface area (Å²) < 4.78 is 7.29. The lowest BCUT2D eigenvalue weighted by atomic mass is 10.0. The third kappa shape index (κ3) is 2.24. The van der Waals surface area contributed by atoms with Crippen molar-refractivity contribution in [3.63, 3.8) is 0 Å². The normalized spacial score (nSPS) is 12.8. The van der Waals surface area contributed by atoms with Crippen LogP contribution in [0.3, 0.4) is 0 Å². The molecule has 0 aliphatic carbocycles. The van der Waals surface area contributed by atoms with Crippen molar-refractivity contribution in [3.8, 4) is 0 Å². The van der Waals surface area contributed by atoms with E-state index in [4.69, 9.17) is 10.2 Å². The Morgan fingerprint density at radius 2 is 1.94 bits per heavy atom. The molecule has 0 amide bonds. The van der Waals surface area contributed by atoms with Gasteiger partial charge >= 0.3 is 0 Å². The molecule has 1 aromatic carbocycles. The maximum Gasteiger partial charge on any atom is 0.105 e. The maximum atomic E-state index is 6.22. The molecule has 16 heavy (non-hydrogen) atoms. The highest BCUT2D eigenvalue weighted by Gasteiger charge is 2.16. The molecule has 0 saturated carbocycles. The van der Waals surface area contributed by atoms with Crippen LogP contribution in [0.4, 0.5) is 0 Å². The molecule has 4 heteroatoms. The largest absolute Gasteiger partial charge is 0.469 e. The van der Waals surface area contributed by atoms with Crippen molar-refractivity contribution >= 4 is 31.9 Å². The molecule has 0 bridgehead atoms. The average molecular weight is 345 g/mol. The van der Waals surface area contributed by atoms with Crippen LogP contribution in [0.5, 0.6) is 0 Å². The van der Waals surface area contributed by atoms with E-state index in [1.165, 1.54) is 0 Å². The zero-order valence-electron chi connectivity index (χ0n) is 8.71. The van der Waals surface area contributed by atoms with Crippen LogP contribution < -0.4 is 5.73 Å². The molecule has 2 rings (SSSR count). The van der Waals surface area contributed by atoms with Crippen molar-refractivity contribution < 1.29 is 4.42 Å². The first-order valence-electron chi connectivity index (χ1n) is 4.84. The zero-order valence-corrected chi connectivity index (χ0v) is 11.9. The third-order valence-corrected chi connectivity index (χ3v) is 3.74. The van der Waals surface area contributed by atoms with Crippen LogP contribution in [0.1, 0.15) is 22.9 Å². The van der Waals surface area contributed by atoms with Crippen LogP contribution in [0.15, 0.2) is 43.9 Å². The van der Waals surface area contributed by atoms with Gasteiger partial charge in [0.2, 0.25) is 0 Å². The van der Waals surface area contributed by atoms with E-state index in [0.717, 1.165) is 25.8 Å². The molecule has 1 heterocycles. The fourth-order valence-electron chi connectivity index (χ4n) is 1.64. The number of halogens is 2. The van der Waals surface area contributed by atoms with Crippen LogP contribution >= 0.6 is 31.9 Å². The monoisotopic (exact) mass is 343 g/mol. The number of hydrogen-bond donors (Lipinski definition) is 1. The lowest BCUT2D eigenvalue weighted by Gasteiger charge is -2.13. The summed E-state index contributed by atoms with van der Waals surface area (Å²) in [6, 6.07) is 7.71. The minimum atomic E-state index is -0.175. The number of furan rings is 1. The third-order valence-electron chi connectivity index (χ3n) is 2.53. The summed E-state index contributed by atoms with van der Waals surface area (Å²) in [5.74, 6) is 0.861. The summed E-state index contributed by atoms with van der Waals surface area (Å²) in [6.07, 6.45) is 1.66. The SMILES string of the molecule is Cc1occc1C(N)c1cc(Br)ccc1Br. The smallest absolute Gasteiger partial charge is 0.105 e. The summed E-state index contributed by atoms with van der Waals surface area (Å²) >= 11 is 6.96. The summed E-state index contributed by atoms with van der Waals surface area (Å²) in [5, 5.41) is 0. The summed E-state index contributed by atoms with van der Waals surface area (Å²) in [5.41, 5.74) is 8.27. The Balaban J connectivity index is 2.45. The molecule has 0 saturated heterocycles. The number of benzene rings is 1. The molecule has 2 aromatic rings. The van der Waals surface area contributed by atoms with Gasteiger partial charge in [0.05, 0.1) is 12.3 Å². The molecule has 2 N–H and O–H groups in total. The van der Waals surface area contributed by atoms with Crippen molar-refractivity contribution in [1.29, 1.82) is 0 Å². The number of nitrogens with two attached hydrogens (primary N) is 1. The van der Waals surface area contributed by atoms with Gasteiger partial charge in [-0.1, -0.05) is 31.9 Å².